The van der Waals surface area contributed by atoms with Crippen molar-refractivity contribution < 1.29 is 37.0 Å². The minimum Gasteiger partial charge on any atom is -0.489 e. The molecule has 0 bridgehead atoms. The van der Waals surface area contributed by atoms with Crippen LogP contribution in [0.5, 0.6) is 11.5 Å². The van der Waals surface area contributed by atoms with E-state index in [0.29, 0.717) is 0 Å². The fourth-order valence-corrected chi connectivity index (χ4v) is 2.29. The van der Waals surface area contributed by atoms with Crippen LogP contribution in [0.25, 0.3) is 0 Å². The van der Waals surface area contributed by atoms with E-state index in [1.807, 2.05) is 0 Å². The molecule has 2 amide bonds. The van der Waals surface area contributed by atoms with E-state index in [1.165, 1.54) is 19.2 Å². The molecule has 2 rings (SSSR count). The van der Waals surface area contributed by atoms with Crippen molar-refractivity contribution in [1.29, 1.82) is 0 Å². The molecule has 0 atom stereocenters. The first-order chi connectivity index (χ1) is 13.7. The van der Waals surface area contributed by atoms with E-state index in [9.17, 15) is 22.8 Å². The zero-order valence-corrected chi connectivity index (χ0v) is 15.4. The maximum absolute atomic E-state index is 13.0. The number of rotatable bonds is 9. The number of nitrogens with two attached hydrogens (primary N) is 1. The van der Waals surface area contributed by atoms with Gasteiger partial charge in [-0.25, -0.2) is 0 Å². The Hall–Kier alpha value is -3.27. The number of hydrogen-bond acceptors (Lipinski definition) is 5. The van der Waals surface area contributed by atoms with Gasteiger partial charge in [0.25, 0.3) is 11.8 Å². The molecule has 156 valence electrons. The van der Waals surface area contributed by atoms with Gasteiger partial charge in [0, 0.05) is 7.11 Å². The minimum absolute atomic E-state index is 0.0425. The van der Waals surface area contributed by atoms with Crippen molar-refractivity contribution in [2.24, 2.45) is 5.73 Å². The van der Waals surface area contributed by atoms with Gasteiger partial charge in [0.05, 0.1) is 23.4 Å². The molecule has 0 aliphatic heterocycles. The Balaban J connectivity index is 2.14. The van der Waals surface area contributed by atoms with Crippen molar-refractivity contribution >= 4 is 17.5 Å². The number of methoxy groups -OCH3 is 1. The first-order valence-electron chi connectivity index (χ1n) is 8.37. The predicted octanol–water partition coefficient (Wildman–Crippen LogP) is 2.85. The first-order valence-corrected chi connectivity index (χ1v) is 8.37. The van der Waals surface area contributed by atoms with E-state index >= 15 is 0 Å². The Morgan fingerprint density at radius 1 is 1.03 bits per heavy atom. The van der Waals surface area contributed by atoms with Gasteiger partial charge in [-0.3, -0.25) is 9.59 Å². The third kappa shape index (κ3) is 6.39. The molecule has 0 aliphatic carbocycles. The molecule has 2 aromatic carbocycles. The average molecular weight is 412 g/mol. The van der Waals surface area contributed by atoms with Gasteiger partial charge >= 0.3 is 6.18 Å². The van der Waals surface area contributed by atoms with Crippen LogP contribution in [-0.4, -0.2) is 38.7 Å². The highest BCUT2D eigenvalue weighted by Gasteiger charge is 2.31. The molecule has 0 aromatic heterocycles. The fraction of sp³-hybridized carbons (Fsp3) is 0.263. The highest BCUT2D eigenvalue weighted by atomic mass is 19.4. The number of amides is 2. The minimum atomic E-state index is -4.60. The zero-order valence-electron chi connectivity index (χ0n) is 15.4. The predicted molar refractivity (Wildman–Crippen MR) is 97.9 cm³/mol. The lowest BCUT2D eigenvalue weighted by atomic mass is 10.1. The van der Waals surface area contributed by atoms with Crippen LogP contribution in [0.3, 0.4) is 0 Å². The number of benzene rings is 2. The number of carbonyl (C=O) groups is 2. The Kier molecular flexibility index (Phi) is 7.43. The van der Waals surface area contributed by atoms with Crippen LogP contribution in [0, 0.1) is 0 Å². The Morgan fingerprint density at radius 2 is 1.76 bits per heavy atom. The summed E-state index contributed by atoms with van der Waals surface area (Å²) >= 11 is 0. The molecular formula is C19H19F3N2O5. The summed E-state index contributed by atoms with van der Waals surface area (Å²) in [7, 11) is 1.44. The number of anilines is 1. The van der Waals surface area contributed by atoms with Crippen LogP contribution >= 0.6 is 0 Å². The van der Waals surface area contributed by atoms with E-state index in [0.717, 1.165) is 18.2 Å². The third-order valence-corrected chi connectivity index (χ3v) is 3.64. The van der Waals surface area contributed by atoms with Gasteiger partial charge in [0.1, 0.15) is 18.1 Å². The molecular weight excluding hydrogens is 393 g/mol. The van der Waals surface area contributed by atoms with Crippen molar-refractivity contribution in [3.63, 3.8) is 0 Å². The van der Waals surface area contributed by atoms with Crippen LogP contribution in [0.1, 0.15) is 15.9 Å². The molecule has 0 heterocycles. The number of alkyl halides is 3. The molecule has 0 saturated heterocycles. The van der Waals surface area contributed by atoms with Crippen LogP contribution in [0.4, 0.5) is 18.9 Å². The highest BCUT2D eigenvalue weighted by molar-refractivity contribution is 5.96. The van der Waals surface area contributed by atoms with Gasteiger partial charge in [-0.1, -0.05) is 12.1 Å². The molecule has 0 fully saturated rings. The van der Waals surface area contributed by atoms with Crippen molar-refractivity contribution in [2.75, 3.05) is 32.2 Å². The van der Waals surface area contributed by atoms with Gasteiger partial charge in [0.2, 0.25) is 0 Å². The van der Waals surface area contributed by atoms with Crippen LogP contribution in [0.2, 0.25) is 0 Å². The first kappa shape index (κ1) is 22.0. The van der Waals surface area contributed by atoms with Crippen LogP contribution in [0.15, 0.2) is 42.5 Å². The number of nitrogens with one attached hydrogen (secondary N) is 1. The maximum Gasteiger partial charge on any atom is 0.416 e. The molecule has 0 aliphatic rings. The summed E-state index contributed by atoms with van der Waals surface area (Å²) in [5.74, 6) is -1.37. The highest BCUT2D eigenvalue weighted by Crippen LogP contribution is 2.35. The van der Waals surface area contributed by atoms with Gasteiger partial charge in [-0.15, -0.1) is 0 Å². The molecule has 0 spiro atoms. The Labute approximate surface area is 164 Å². The summed E-state index contributed by atoms with van der Waals surface area (Å²) < 4.78 is 54.4. The lowest BCUT2D eigenvalue weighted by molar-refractivity contribution is -0.137. The summed E-state index contributed by atoms with van der Waals surface area (Å²) in [5, 5.41) is 2.32. The number of halogens is 3. The van der Waals surface area contributed by atoms with E-state index in [-0.39, 0.29) is 36.0 Å². The monoisotopic (exact) mass is 412 g/mol. The summed E-state index contributed by atoms with van der Waals surface area (Å²) in [5.41, 5.74) is 4.17. The standard InChI is InChI=1S/C19H19F3N2O5/c1-27-8-9-28-16-7-6-12(19(20,21)22)10-14(16)24-17(25)11-29-15-5-3-2-4-13(15)18(23)26/h2-7,10H,8-9,11H2,1H3,(H2,23,26)(H,24,25). The zero-order chi connectivity index (χ0) is 21.4. The number of primary amides is 1. The number of ether oxygens (including phenoxy) is 3. The van der Waals surface area contributed by atoms with Gasteiger partial charge in [-0.05, 0) is 30.3 Å². The summed E-state index contributed by atoms with van der Waals surface area (Å²) in [4.78, 5) is 23.6. The maximum atomic E-state index is 13.0. The lowest BCUT2D eigenvalue weighted by Crippen LogP contribution is -2.22. The van der Waals surface area contributed by atoms with Crippen molar-refractivity contribution in [3.05, 3.63) is 53.6 Å². The second kappa shape index (κ2) is 9.78. The van der Waals surface area contributed by atoms with Crippen molar-refractivity contribution in [1.82, 2.24) is 0 Å². The molecule has 7 nitrogen and oxygen atoms in total. The smallest absolute Gasteiger partial charge is 0.416 e. The normalized spacial score (nSPS) is 11.0. The van der Waals surface area contributed by atoms with Crippen LogP contribution in [-0.2, 0) is 15.7 Å². The van der Waals surface area contributed by atoms with E-state index < -0.39 is 30.2 Å². The van der Waals surface area contributed by atoms with Gasteiger partial charge < -0.3 is 25.3 Å². The number of carbonyl (C=O) groups excluding carboxylic acids is 2. The molecule has 3 N–H and O–H groups in total. The van der Waals surface area contributed by atoms with Crippen molar-refractivity contribution in [2.45, 2.75) is 6.18 Å². The van der Waals surface area contributed by atoms with Gasteiger partial charge in [0.15, 0.2) is 6.61 Å². The Morgan fingerprint density at radius 3 is 2.41 bits per heavy atom. The van der Waals surface area contributed by atoms with Crippen LogP contribution < -0.4 is 20.5 Å². The number of para-hydroxylation sites is 1. The molecule has 10 heteroatoms. The number of hydrogen-bond donors (Lipinski definition) is 2. The molecule has 0 saturated carbocycles. The molecule has 0 radical (unpaired) electrons. The second-order valence-electron chi connectivity index (χ2n) is 5.75. The molecule has 29 heavy (non-hydrogen) atoms. The van der Waals surface area contributed by atoms with E-state index in [2.05, 4.69) is 5.32 Å². The second-order valence-corrected chi connectivity index (χ2v) is 5.75. The quantitative estimate of drug-likeness (QED) is 0.617. The van der Waals surface area contributed by atoms with Gasteiger partial charge in [-0.2, -0.15) is 13.2 Å². The SMILES string of the molecule is COCCOc1ccc(C(F)(F)F)cc1NC(=O)COc1ccccc1C(N)=O. The summed E-state index contributed by atoms with van der Waals surface area (Å²) in [6.45, 7) is -0.271. The average Bonchev–Trinajstić information content (AvgIpc) is 2.67. The van der Waals surface area contributed by atoms with E-state index in [4.69, 9.17) is 19.9 Å². The summed E-state index contributed by atoms with van der Waals surface area (Å²) in [6, 6.07) is 8.72. The topological polar surface area (TPSA) is 99.9 Å². The van der Waals surface area contributed by atoms with E-state index in [1.54, 1.807) is 12.1 Å². The Bertz CT molecular complexity index is 871. The molecule has 2 aromatic rings. The summed E-state index contributed by atoms with van der Waals surface area (Å²) in [6.07, 6.45) is -4.60. The fourth-order valence-electron chi connectivity index (χ4n) is 2.29. The third-order valence-electron chi connectivity index (χ3n) is 3.64. The molecule has 0 unspecified atom stereocenters. The lowest BCUT2D eigenvalue weighted by Gasteiger charge is -2.16. The van der Waals surface area contributed by atoms with Crippen molar-refractivity contribution in [3.8, 4) is 11.5 Å². The largest absolute Gasteiger partial charge is 0.489 e.